The fourth-order valence-corrected chi connectivity index (χ4v) is 2.71. The van der Waals surface area contributed by atoms with Crippen LogP contribution in [0, 0.1) is 0 Å². The van der Waals surface area contributed by atoms with Gasteiger partial charge >= 0.3 is 0 Å². The third kappa shape index (κ3) is 5.20. The van der Waals surface area contributed by atoms with Crippen LogP contribution in [0.1, 0.15) is 31.8 Å². The molecule has 142 valence electrons. The molecule has 0 saturated carbocycles. The number of hydrogen-bond donors (Lipinski definition) is 2. The standard InChI is InChI=1S/C23H22N2O3/c1-28-21-12-10-18(11-13-21)16-25-23(27)20-9-5-8-19(14-20)22(26)24-15-17-6-3-2-4-7-17/h2-14H,15-16H2,1H3,(H,24,26)(H,25,27). The van der Waals surface area contributed by atoms with Crippen LogP contribution in [0.2, 0.25) is 0 Å². The number of amides is 2. The summed E-state index contributed by atoms with van der Waals surface area (Å²) in [6, 6.07) is 23.9. The van der Waals surface area contributed by atoms with E-state index in [1.54, 1.807) is 31.4 Å². The van der Waals surface area contributed by atoms with Crippen molar-refractivity contribution in [1.29, 1.82) is 0 Å². The minimum atomic E-state index is -0.228. The Labute approximate surface area is 164 Å². The van der Waals surface area contributed by atoms with Crippen molar-refractivity contribution >= 4 is 11.8 Å². The summed E-state index contributed by atoms with van der Waals surface area (Å²) in [7, 11) is 1.61. The SMILES string of the molecule is COc1ccc(CNC(=O)c2cccc(C(=O)NCc3ccccc3)c2)cc1. The normalized spacial score (nSPS) is 10.2. The molecule has 0 bridgehead atoms. The van der Waals surface area contributed by atoms with E-state index in [2.05, 4.69) is 10.6 Å². The van der Waals surface area contributed by atoms with Crippen molar-refractivity contribution in [2.75, 3.05) is 7.11 Å². The molecule has 3 rings (SSSR count). The predicted octanol–water partition coefficient (Wildman–Crippen LogP) is 3.56. The second kappa shape index (κ2) is 9.37. The molecular formula is C23H22N2O3. The monoisotopic (exact) mass is 374 g/mol. The summed E-state index contributed by atoms with van der Waals surface area (Å²) in [5.41, 5.74) is 2.88. The third-order valence-corrected chi connectivity index (χ3v) is 4.29. The van der Waals surface area contributed by atoms with Crippen LogP contribution in [0.3, 0.4) is 0 Å². The molecule has 0 aliphatic carbocycles. The lowest BCUT2D eigenvalue weighted by Crippen LogP contribution is -2.25. The first-order valence-corrected chi connectivity index (χ1v) is 8.99. The Hall–Kier alpha value is -3.60. The summed E-state index contributed by atoms with van der Waals surface area (Å²) >= 11 is 0. The highest BCUT2D eigenvalue weighted by Gasteiger charge is 2.10. The van der Waals surface area contributed by atoms with E-state index in [1.165, 1.54) is 0 Å². The first-order chi connectivity index (χ1) is 13.7. The van der Waals surface area contributed by atoms with Crippen molar-refractivity contribution in [2.45, 2.75) is 13.1 Å². The molecule has 5 nitrogen and oxygen atoms in total. The van der Waals surface area contributed by atoms with Crippen molar-refractivity contribution in [3.63, 3.8) is 0 Å². The first kappa shape index (κ1) is 19.2. The number of benzene rings is 3. The molecule has 2 N–H and O–H groups in total. The van der Waals surface area contributed by atoms with Gasteiger partial charge in [-0.2, -0.15) is 0 Å². The highest BCUT2D eigenvalue weighted by Crippen LogP contribution is 2.12. The zero-order chi connectivity index (χ0) is 19.8. The van der Waals surface area contributed by atoms with E-state index < -0.39 is 0 Å². The Kier molecular flexibility index (Phi) is 6.41. The molecule has 0 aliphatic rings. The predicted molar refractivity (Wildman–Crippen MR) is 108 cm³/mol. The molecule has 2 amide bonds. The second-order valence-corrected chi connectivity index (χ2v) is 6.28. The lowest BCUT2D eigenvalue weighted by Gasteiger charge is -2.09. The van der Waals surface area contributed by atoms with Crippen LogP contribution in [-0.4, -0.2) is 18.9 Å². The molecule has 0 spiro atoms. The minimum Gasteiger partial charge on any atom is -0.497 e. The summed E-state index contributed by atoms with van der Waals surface area (Å²) in [6.07, 6.45) is 0. The Morgan fingerprint density at radius 2 is 1.25 bits per heavy atom. The van der Waals surface area contributed by atoms with E-state index in [9.17, 15) is 9.59 Å². The summed E-state index contributed by atoms with van der Waals surface area (Å²) in [6.45, 7) is 0.834. The number of carbonyl (C=O) groups excluding carboxylic acids is 2. The maximum Gasteiger partial charge on any atom is 0.251 e. The molecule has 0 unspecified atom stereocenters. The van der Waals surface area contributed by atoms with Gasteiger partial charge < -0.3 is 15.4 Å². The largest absolute Gasteiger partial charge is 0.497 e. The van der Waals surface area contributed by atoms with Gasteiger partial charge in [0.25, 0.3) is 11.8 Å². The van der Waals surface area contributed by atoms with E-state index in [0.717, 1.165) is 16.9 Å². The molecule has 28 heavy (non-hydrogen) atoms. The van der Waals surface area contributed by atoms with Gasteiger partial charge in [0.2, 0.25) is 0 Å². The van der Waals surface area contributed by atoms with Crippen LogP contribution in [0.4, 0.5) is 0 Å². The van der Waals surface area contributed by atoms with Crippen LogP contribution in [0.5, 0.6) is 5.75 Å². The number of ether oxygens (including phenoxy) is 1. The van der Waals surface area contributed by atoms with Crippen LogP contribution >= 0.6 is 0 Å². The zero-order valence-corrected chi connectivity index (χ0v) is 15.6. The summed E-state index contributed by atoms with van der Waals surface area (Å²) in [5.74, 6) is 0.325. The fraction of sp³-hybridized carbons (Fsp3) is 0.130. The first-order valence-electron chi connectivity index (χ1n) is 8.99. The van der Waals surface area contributed by atoms with E-state index >= 15 is 0 Å². The molecule has 0 heterocycles. The van der Waals surface area contributed by atoms with Crippen molar-refractivity contribution in [3.05, 3.63) is 101 Å². The van der Waals surface area contributed by atoms with E-state index in [1.807, 2.05) is 54.6 Å². The van der Waals surface area contributed by atoms with Crippen LogP contribution in [-0.2, 0) is 13.1 Å². The van der Waals surface area contributed by atoms with Crippen molar-refractivity contribution in [3.8, 4) is 5.75 Å². The topological polar surface area (TPSA) is 67.4 Å². The Balaban J connectivity index is 1.58. The highest BCUT2D eigenvalue weighted by molar-refractivity contribution is 5.99. The minimum absolute atomic E-state index is 0.214. The molecular weight excluding hydrogens is 352 g/mol. The average Bonchev–Trinajstić information content (AvgIpc) is 2.77. The van der Waals surface area contributed by atoms with Gasteiger partial charge in [0, 0.05) is 24.2 Å². The zero-order valence-electron chi connectivity index (χ0n) is 15.6. The maximum absolute atomic E-state index is 12.4. The molecule has 0 radical (unpaired) electrons. The van der Waals surface area contributed by atoms with Gasteiger partial charge in [0.15, 0.2) is 0 Å². The summed E-state index contributed by atoms with van der Waals surface area (Å²) < 4.78 is 5.12. The molecule has 3 aromatic rings. The summed E-state index contributed by atoms with van der Waals surface area (Å²) in [4.78, 5) is 24.8. The third-order valence-electron chi connectivity index (χ3n) is 4.29. The molecule has 0 fully saturated rings. The Morgan fingerprint density at radius 3 is 1.79 bits per heavy atom. The van der Waals surface area contributed by atoms with Gasteiger partial charge in [-0.25, -0.2) is 0 Å². The molecule has 3 aromatic carbocycles. The number of methoxy groups -OCH3 is 1. The van der Waals surface area contributed by atoms with Crippen LogP contribution < -0.4 is 15.4 Å². The van der Waals surface area contributed by atoms with Gasteiger partial charge in [-0.1, -0.05) is 48.5 Å². The van der Waals surface area contributed by atoms with Gasteiger partial charge in [-0.05, 0) is 41.5 Å². The average molecular weight is 374 g/mol. The van der Waals surface area contributed by atoms with Crippen LogP contribution in [0.15, 0.2) is 78.9 Å². The molecule has 5 heteroatoms. The van der Waals surface area contributed by atoms with Gasteiger partial charge in [0.1, 0.15) is 5.75 Å². The van der Waals surface area contributed by atoms with Crippen LogP contribution in [0.25, 0.3) is 0 Å². The molecule has 0 atom stereocenters. The van der Waals surface area contributed by atoms with E-state index in [0.29, 0.717) is 24.2 Å². The Morgan fingerprint density at radius 1 is 0.714 bits per heavy atom. The number of rotatable bonds is 7. The van der Waals surface area contributed by atoms with Gasteiger partial charge in [-0.3, -0.25) is 9.59 Å². The van der Waals surface area contributed by atoms with Gasteiger partial charge in [0.05, 0.1) is 7.11 Å². The van der Waals surface area contributed by atoms with Crippen molar-refractivity contribution in [2.24, 2.45) is 0 Å². The number of nitrogens with one attached hydrogen (secondary N) is 2. The van der Waals surface area contributed by atoms with E-state index in [-0.39, 0.29) is 11.8 Å². The summed E-state index contributed by atoms with van der Waals surface area (Å²) in [5, 5.41) is 5.73. The number of hydrogen-bond acceptors (Lipinski definition) is 3. The number of carbonyl (C=O) groups is 2. The van der Waals surface area contributed by atoms with Gasteiger partial charge in [-0.15, -0.1) is 0 Å². The van der Waals surface area contributed by atoms with Crippen molar-refractivity contribution in [1.82, 2.24) is 10.6 Å². The smallest absolute Gasteiger partial charge is 0.251 e. The second-order valence-electron chi connectivity index (χ2n) is 6.28. The highest BCUT2D eigenvalue weighted by atomic mass is 16.5. The lowest BCUT2D eigenvalue weighted by atomic mass is 10.1. The fourth-order valence-electron chi connectivity index (χ4n) is 2.71. The molecule has 0 aromatic heterocycles. The molecule has 0 aliphatic heterocycles. The maximum atomic E-state index is 12.4. The molecule has 0 saturated heterocycles. The van der Waals surface area contributed by atoms with E-state index in [4.69, 9.17) is 4.74 Å². The van der Waals surface area contributed by atoms with Crippen molar-refractivity contribution < 1.29 is 14.3 Å². The Bertz CT molecular complexity index is 938. The quantitative estimate of drug-likeness (QED) is 0.665. The lowest BCUT2D eigenvalue weighted by molar-refractivity contribution is 0.0950.